The lowest BCUT2D eigenvalue weighted by Crippen LogP contribution is -2.48. The molecule has 1 amide bonds. The van der Waals surface area contributed by atoms with Crippen LogP contribution in [0.5, 0.6) is 11.5 Å². The van der Waals surface area contributed by atoms with Gasteiger partial charge in [-0.1, -0.05) is 0 Å². The summed E-state index contributed by atoms with van der Waals surface area (Å²) in [6.45, 7) is 5.19. The van der Waals surface area contributed by atoms with E-state index in [9.17, 15) is 4.79 Å². The molecule has 144 valence electrons. The van der Waals surface area contributed by atoms with Gasteiger partial charge in [-0.2, -0.15) is 0 Å². The molecule has 26 heavy (non-hydrogen) atoms. The molecule has 0 saturated carbocycles. The summed E-state index contributed by atoms with van der Waals surface area (Å²) in [6, 6.07) is 4.12. The van der Waals surface area contributed by atoms with Crippen LogP contribution >= 0.6 is 0 Å². The number of amides is 1. The van der Waals surface area contributed by atoms with Crippen LogP contribution in [-0.2, 0) is 26.3 Å². The molecule has 2 heterocycles. The molecule has 1 aromatic rings. The molecule has 6 nitrogen and oxygen atoms in total. The van der Waals surface area contributed by atoms with E-state index < -0.39 is 0 Å². The van der Waals surface area contributed by atoms with Crippen molar-refractivity contribution in [2.45, 2.75) is 38.2 Å². The van der Waals surface area contributed by atoms with Gasteiger partial charge in [0.2, 0.25) is 5.91 Å². The van der Waals surface area contributed by atoms with Crippen LogP contribution < -0.4 is 9.47 Å². The largest absolute Gasteiger partial charge is 0.493 e. The molecular weight excluding hydrogens is 334 g/mol. The van der Waals surface area contributed by atoms with Gasteiger partial charge in [-0.15, -0.1) is 0 Å². The molecule has 0 aromatic heterocycles. The molecule has 0 aliphatic carbocycles. The first kappa shape index (κ1) is 19.0. The fourth-order valence-corrected chi connectivity index (χ4v) is 3.98. The van der Waals surface area contributed by atoms with Crippen LogP contribution in [0.2, 0.25) is 0 Å². The normalized spacial score (nSPS) is 18.5. The summed E-state index contributed by atoms with van der Waals surface area (Å²) >= 11 is 0. The van der Waals surface area contributed by atoms with E-state index in [1.54, 1.807) is 14.2 Å². The summed E-state index contributed by atoms with van der Waals surface area (Å²) in [5.41, 5.74) is 2.11. The van der Waals surface area contributed by atoms with Gasteiger partial charge in [0.25, 0.3) is 0 Å². The van der Waals surface area contributed by atoms with Crippen molar-refractivity contribution in [1.29, 1.82) is 0 Å². The van der Waals surface area contributed by atoms with E-state index in [4.69, 9.17) is 18.9 Å². The molecule has 0 atom stereocenters. The van der Waals surface area contributed by atoms with E-state index >= 15 is 0 Å². The van der Waals surface area contributed by atoms with Gasteiger partial charge in [-0.25, -0.2) is 0 Å². The number of benzene rings is 1. The van der Waals surface area contributed by atoms with Crippen molar-refractivity contribution in [3.05, 3.63) is 23.3 Å². The zero-order chi connectivity index (χ0) is 18.6. The zero-order valence-corrected chi connectivity index (χ0v) is 16.0. The van der Waals surface area contributed by atoms with Crippen molar-refractivity contribution in [3.8, 4) is 11.5 Å². The fraction of sp³-hybridized carbons (Fsp3) is 0.650. The molecule has 0 N–H and O–H groups in total. The highest BCUT2D eigenvalue weighted by Crippen LogP contribution is 2.45. The molecule has 2 aliphatic heterocycles. The van der Waals surface area contributed by atoms with Crippen molar-refractivity contribution in [1.82, 2.24) is 4.90 Å². The lowest BCUT2D eigenvalue weighted by Gasteiger charge is -2.45. The fourth-order valence-electron chi connectivity index (χ4n) is 3.98. The van der Waals surface area contributed by atoms with E-state index in [0.29, 0.717) is 39.3 Å². The number of hydrogen-bond acceptors (Lipinski definition) is 5. The van der Waals surface area contributed by atoms with Gasteiger partial charge < -0.3 is 23.8 Å². The minimum Gasteiger partial charge on any atom is -0.493 e. The van der Waals surface area contributed by atoms with E-state index in [1.807, 2.05) is 11.8 Å². The first-order chi connectivity index (χ1) is 12.6. The van der Waals surface area contributed by atoms with Crippen molar-refractivity contribution < 1.29 is 23.7 Å². The van der Waals surface area contributed by atoms with E-state index in [2.05, 4.69) is 12.1 Å². The summed E-state index contributed by atoms with van der Waals surface area (Å²) in [6.07, 6.45) is 2.92. The van der Waals surface area contributed by atoms with Gasteiger partial charge in [0, 0.05) is 19.7 Å². The lowest BCUT2D eigenvalue weighted by molar-refractivity contribution is -0.141. The standard InChI is InChI=1S/C20H29NO5/c1-4-25-11-6-19(22)21-9-7-20(8-10-21)16-14-18(24-3)17(23-2)13-15(16)5-12-26-20/h13-14H,4-12H2,1-3H3. The first-order valence-corrected chi connectivity index (χ1v) is 9.38. The van der Waals surface area contributed by atoms with Gasteiger partial charge in [0.15, 0.2) is 11.5 Å². The molecule has 6 heteroatoms. The maximum Gasteiger partial charge on any atom is 0.224 e. The van der Waals surface area contributed by atoms with Crippen molar-refractivity contribution in [3.63, 3.8) is 0 Å². The average molecular weight is 363 g/mol. The van der Waals surface area contributed by atoms with Gasteiger partial charge in [-0.05, 0) is 49.4 Å². The summed E-state index contributed by atoms with van der Waals surface area (Å²) in [4.78, 5) is 14.3. The Morgan fingerprint density at radius 3 is 2.54 bits per heavy atom. The zero-order valence-electron chi connectivity index (χ0n) is 16.0. The Hall–Kier alpha value is -1.79. The second-order valence-electron chi connectivity index (χ2n) is 6.78. The third-order valence-corrected chi connectivity index (χ3v) is 5.44. The third-order valence-electron chi connectivity index (χ3n) is 5.44. The summed E-state index contributed by atoms with van der Waals surface area (Å²) in [5.74, 6) is 1.65. The van der Waals surface area contributed by atoms with E-state index in [0.717, 1.165) is 30.8 Å². The summed E-state index contributed by atoms with van der Waals surface area (Å²) in [7, 11) is 3.31. The molecule has 1 aromatic carbocycles. The SMILES string of the molecule is CCOCCC(=O)N1CCC2(CC1)OCCc1cc(OC)c(OC)cc12. The van der Waals surface area contributed by atoms with Crippen LogP contribution in [0.3, 0.4) is 0 Å². The van der Waals surface area contributed by atoms with Crippen LogP contribution in [0.1, 0.15) is 37.3 Å². The second-order valence-corrected chi connectivity index (χ2v) is 6.78. The van der Waals surface area contributed by atoms with E-state index in [1.165, 1.54) is 11.1 Å². The number of methoxy groups -OCH3 is 2. The number of carbonyl (C=O) groups excluding carboxylic acids is 1. The van der Waals surface area contributed by atoms with Crippen LogP contribution in [0.15, 0.2) is 12.1 Å². The van der Waals surface area contributed by atoms with E-state index in [-0.39, 0.29) is 11.5 Å². The molecule has 3 rings (SSSR count). The maximum atomic E-state index is 12.3. The Morgan fingerprint density at radius 1 is 1.19 bits per heavy atom. The molecular formula is C20H29NO5. The summed E-state index contributed by atoms with van der Waals surface area (Å²) < 4.78 is 22.5. The van der Waals surface area contributed by atoms with Crippen molar-refractivity contribution in [2.75, 3.05) is 47.1 Å². The first-order valence-electron chi connectivity index (χ1n) is 9.38. The average Bonchev–Trinajstić information content (AvgIpc) is 2.68. The van der Waals surface area contributed by atoms with Gasteiger partial charge in [-0.3, -0.25) is 4.79 Å². The van der Waals surface area contributed by atoms with Gasteiger partial charge >= 0.3 is 0 Å². The molecule has 0 radical (unpaired) electrons. The topological polar surface area (TPSA) is 57.2 Å². The van der Waals surface area contributed by atoms with Crippen LogP contribution in [-0.4, -0.2) is 57.9 Å². The molecule has 0 bridgehead atoms. The molecule has 0 unspecified atom stereocenters. The highest BCUT2D eigenvalue weighted by Gasteiger charge is 2.42. The predicted octanol–water partition coefficient (Wildman–Crippen LogP) is 2.52. The summed E-state index contributed by atoms with van der Waals surface area (Å²) in [5, 5.41) is 0. The number of nitrogens with zero attached hydrogens (tertiary/aromatic N) is 1. The number of likely N-dealkylation sites (tertiary alicyclic amines) is 1. The smallest absolute Gasteiger partial charge is 0.224 e. The molecule has 2 aliphatic rings. The number of hydrogen-bond donors (Lipinski definition) is 0. The Kier molecular flexibility index (Phi) is 6.04. The monoisotopic (exact) mass is 363 g/mol. The number of carbonyl (C=O) groups is 1. The predicted molar refractivity (Wildman–Crippen MR) is 97.8 cm³/mol. The maximum absolute atomic E-state index is 12.3. The van der Waals surface area contributed by atoms with Crippen molar-refractivity contribution in [2.24, 2.45) is 0 Å². The number of rotatable bonds is 6. The minimum absolute atomic E-state index is 0.164. The van der Waals surface area contributed by atoms with Crippen molar-refractivity contribution >= 4 is 5.91 Å². The van der Waals surface area contributed by atoms with Crippen LogP contribution in [0.4, 0.5) is 0 Å². The lowest BCUT2D eigenvalue weighted by atomic mass is 9.79. The van der Waals surface area contributed by atoms with Crippen LogP contribution in [0.25, 0.3) is 0 Å². The highest BCUT2D eigenvalue weighted by atomic mass is 16.5. The molecule has 1 saturated heterocycles. The molecule has 1 fully saturated rings. The minimum atomic E-state index is -0.330. The third kappa shape index (κ3) is 3.67. The quantitative estimate of drug-likeness (QED) is 0.727. The second kappa shape index (κ2) is 8.27. The number of ether oxygens (including phenoxy) is 4. The van der Waals surface area contributed by atoms with Crippen LogP contribution in [0, 0.1) is 0 Å². The highest BCUT2D eigenvalue weighted by molar-refractivity contribution is 5.76. The Bertz CT molecular complexity index is 637. The van der Waals surface area contributed by atoms with Gasteiger partial charge in [0.1, 0.15) is 0 Å². The number of piperidine rings is 1. The molecule has 1 spiro atoms. The Balaban J connectivity index is 1.74. The van der Waals surface area contributed by atoms with Gasteiger partial charge in [0.05, 0.1) is 39.5 Å². The Labute approximate surface area is 155 Å². The Morgan fingerprint density at radius 2 is 1.88 bits per heavy atom. The number of fused-ring (bicyclic) bond motifs is 2.